The molecule has 1 aromatic carbocycles. The zero-order valence-electron chi connectivity index (χ0n) is 12.8. The summed E-state index contributed by atoms with van der Waals surface area (Å²) < 4.78 is 25.2. The second-order valence-corrected chi connectivity index (χ2v) is 6.21. The van der Waals surface area contributed by atoms with Crippen molar-refractivity contribution < 1.29 is 13.9 Å². The summed E-state index contributed by atoms with van der Waals surface area (Å²) in [6.45, 7) is 4.37. The SMILES string of the molecule is CCC1CN(CC(O)c2cccc(Cl)c2)CCN1CC(F)F. The molecule has 124 valence electrons. The van der Waals surface area contributed by atoms with Gasteiger partial charge in [0.25, 0.3) is 6.43 Å². The number of nitrogens with zero attached hydrogens (tertiary/aromatic N) is 2. The molecular formula is C16H23ClF2N2O. The molecule has 6 heteroatoms. The summed E-state index contributed by atoms with van der Waals surface area (Å²) in [7, 11) is 0. The second-order valence-electron chi connectivity index (χ2n) is 5.78. The van der Waals surface area contributed by atoms with Gasteiger partial charge in [0.2, 0.25) is 0 Å². The van der Waals surface area contributed by atoms with E-state index in [-0.39, 0.29) is 12.6 Å². The van der Waals surface area contributed by atoms with E-state index in [0.717, 1.165) is 12.0 Å². The Kier molecular flexibility index (Phi) is 6.56. The highest BCUT2D eigenvalue weighted by Gasteiger charge is 2.28. The number of aliphatic hydroxyl groups excluding tert-OH is 1. The predicted molar refractivity (Wildman–Crippen MR) is 84.5 cm³/mol. The van der Waals surface area contributed by atoms with Gasteiger partial charge in [-0.2, -0.15) is 0 Å². The van der Waals surface area contributed by atoms with E-state index in [2.05, 4.69) is 4.90 Å². The van der Waals surface area contributed by atoms with Crippen molar-refractivity contribution in [3.8, 4) is 0 Å². The lowest BCUT2D eigenvalue weighted by atomic mass is 10.1. The largest absolute Gasteiger partial charge is 0.387 e. The summed E-state index contributed by atoms with van der Waals surface area (Å²) in [5.41, 5.74) is 0.788. The smallest absolute Gasteiger partial charge is 0.251 e. The van der Waals surface area contributed by atoms with Crippen molar-refractivity contribution in [1.82, 2.24) is 9.80 Å². The highest BCUT2D eigenvalue weighted by molar-refractivity contribution is 6.30. The molecule has 1 aromatic rings. The third kappa shape index (κ3) is 4.88. The van der Waals surface area contributed by atoms with Crippen molar-refractivity contribution in [2.24, 2.45) is 0 Å². The minimum Gasteiger partial charge on any atom is -0.387 e. The lowest BCUT2D eigenvalue weighted by Gasteiger charge is -2.41. The predicted octanol–water partition coefficient (Wildman–Crippen LogP) is 3.03. The Morgan fingerprint density at radius 2 is 2.09 bits per heavy atom. The van der Waals surface area contributed by atoms with Gasteiger partial charge in [-0.25, -0.2) is 8.78 Å². The first-order valence-corrected chi connectivity index (χ1v) is 8.05. The average molecular weight is 333 g/mol. The summed E-state index contributed by atoms with van der Waals surface area (Å²) in [4.78, 5) is 3.99. The van der Waals surface area contributed by atoms with E-state index in [1.165, 1.54) is 0 Å². The van der Waals surface area contributed by atoms with E-state index in [4.69, 9.17) is 11.6 Å². The van der Waals surface area contributed by atoms with Gasteiger partial charge < -0.3 is 5.11 Å². The summed E-state index contributed by atoms with van der Waals surface area (Å²) >= 11 is 5.94. The number of piperazine rings is 1. The van der Waals surface area contributed by atoms with Crippen LogP contribution in [0, 0.1) is 0 Å². The van der Waals surface area contributed by atoms with E-state index >= 15 is 0 Å². The molecule has 0 spiro atoms. The van der Waals surface area contributed by atoms with Crippen molar-refractivity contribution in [1.29, 1.82) is 0 Å². The van der Waals surface area contributed by atoms with Crippen LogP contribution in [0.15, 0.2) is 24.3 Å². The zero-order valence-corrected chi connectivity index (χ0v) is 13.5. The van der Waals surface area contributed by atoms with Crippen LogP contribution in [0.5, 0.6) is 0 Å². The third-order valence-electron chi connectivity index (χ3n) is 4.20. The molecule has 2 rings (SSSR count). The molecule has 0 aliphatic carbocycles. The maximum atomic E-state index is 12.6. The molecule has 0 bridgehead atoms. The summed E-state index contributed by atoms with van der Waals surface area (Å²) in [5.74, 6) is 0. The minimum atomic E-state index is -2.29. The highest BCUT2D eigenvalue weighted by atomic mass is 35.5. The monoisotopic (exact) mass is 332 g/mol. The lowest BCUT2D eigenvalue weighted by molar-refractivity contribution is 0.00486. The van der Waals surface area contributed by atoms with Gasteiger partial charge >= 0.3 is 0 Å². The van der Waals surface area contributed by atoms with E-state index in [1.54, 1.807) is 12.1 Å². The molecule has 22 heavy (non-hydrogen) atoms. The van der Waals surface area contributed by atoms with Crippen LogP contribution in [0.2, 0.25) is 5.02 Å². The molecule has 1 aliphatic rings. The third-order valence-corrected chi connectivity index (χ3v) is 4.43. The van der Waals surface area contributed by atoms with E-state index in [0.29, 0.717) is 31.2 Å². The number of β-amino-alcohol motifs (C(OH)–C–C–N with tert-alkyl or cyclic N) is 1. The van der Waals surface area contributed by atoms with E-state index in [9.17, 15) is 13.9 Å². The molecule has 1 saturated heterocycles. The molecule has 1 aliphatic heterocycles. The van der Waals surface area contributed by atoms with Crippen molar-refractivity contribution in [3.05, 3.63) is 34.9 Å². The fourth-order valence-corrected chi connectivity index (χ4v) is 3.19. The molecule has 0 saturated carbocycles. The molecule has 0 radical (unpaired) electrons. The number of benzene rings is 1. The Balaban J connectivity index is 1.91. The Morgan fingerprint density at radius 1 is 1.32 bits per heavy atom. The molecule has 0 aromatic heterocycles. The first-order valence-electron chi connectivity index (χ1n) is 7.67. The fraction of sp³-hybridized carbons (Fsp3) is 0.625. The van der Waals surface area contributed by atoms with Crippen LogP contribution in [0.1, 0.15) is 25.0 Å². The molecule has 2 unspecified atom stereocenters. The quantitative estimate of drug-likeness (QED) is 0.867. The Morgan fingerprint density at radius 3 is 2.73 bits per heavy atom. The summed E-state index contributed by atoms with van der Waals surface area (Å²) in [5, 5.41) is 10.9. The average Bonchev–Trinajstić information content (AvgIpc) is 2.48. The van der Waals surface area contributed by atoms with Crippen molar-refractivity contribution in [2.45, 2.75) is 31.9 Å². The number of aliphatic hydroxyl groups is 1. The van der Waals surface area contributed by atoms with Crippen LogP contribution in [-0.2, 0) is 0 Å². The number of hydrogen-bond acceptors (Lipinski definition) is 3. The fourth-order valence-electron chi connectivity index (χ4n) is 2.99. The zero-order chi connectivity index (χ0) is 16.1. The molecular weight excluding hydrogens is 310 g/mol. The molecule has 1 N–H and O–H groups in total. The summed E-state index contributed by atoms with van der Waals surface area (Å²) in [6, 6.07) is 7.32. The van der Waals surface area contributed by atoms with Crippen molar-refractivity contribution in [2.75, 3.05) is 32.7 Å². The summed E-state index contributed by atoms with van der Waals surface area (Å²) in [6.07, 6.45) is -2.08. The molecule has 3 nitrogen and oxygen atoms in total. The van der Waals surface area contributed by atoms with Gasteiger partial charge in [-0.05, 0) is 24.1 Å². The molecule has 1 fully saturated rings. The minimum absolute atomic E-state index is 0.120. The standard InChI is InChI=1S/C16H23ClF2N2O/c1-2-14-9-20(6-7-21(14)11-16(18)19)10-15(22)12-4-3-5-13(17)8-12/h3-5,8,14-16,22H,2,6-7,9-11H2,1H3. The first kappa shape index (κ1) is 17.6. The van der Waals surface area contributed by atoms with Gasteiger partial charge in [-0.1, -0.05) is 30.7 Å². The van der Waals surface area contributed by atoms with Crippen molar-refractivity contribution in [3.63, 3.8) is 0 Å². The topological polar surface area (TPSA) is 26.7 Å². The van der Waals surface area contributed by atoms with Gasteiger partial charge in [0.1, 0.15) is 0 Å². The molecule has 2 atom stereocenters. The van der Waals surface area contributed by atoms with Gasteiger partial charge in [0.15, 0.2) is 0 Å². The lowest BCUT2D eigenvalue weighted by Crippen LogP contribution is -2.54. The molecule has 1 heterocycles. The van der Waals surface area contributed by atoms with Crippen LogP contribution < -0.4 is 0 Å². The van der Waals surface area contributed by atoms with Crippen molar-refractivity contribution >= 4 is 11.6 Å². The molecule has 0 amide bonds. The number of rotatable bonds is 6. The first-order chi connectivity index (χ1) is 10.5. The highest BCUT2D eigenvalue weighted by Crippen LogP contribution is 2.21. The Bertz CT molecular complexity index is 475. The number of halogens is 3. The maximum absolute atomic E-state index is 12.6. The maximum Gasteiger partial charge on any atom is 0.251 e. The van der Waals surface area contributed by atoms with Crippen LogP contribution in [0.25, 0.3) is 0 Å². The second kappa shape index (κ2) is 8.20. The van der Waals surface area contributed by atoms with Crippen LogP contribution in [0.4, 0.5) is 8.78 Å². The number of hydrogen-bond donors (Lipinski definition) is 1. The number of alkyl halides is 2. The van der Waals surface area contributed by atoms with Gasteiger partial charge in [-0.3, -0.25) is 9.80 Å². The Labute approximate surface area is 135 Å². The van der Waals surface area contributed by atoms with E-state index in [1.807, 2.05) is 24.0 Å². The Hall–Kier alpha value is -0.750. The van der Waals surface area contributed by atoms with Gasteiger partial charge in [0, 0.05) is 37.2 Å². The van der Waals surface area contributed by atoms with Gasteiger partial charge in [-0.15, -0.1) is 0 Å². The van der Waals surface area contributed by atoms with Gasteiger partial charge in [0.05, 0.1) is 12.6 Å². The van der Waals surface area contributed by atoms with Crippen LogP contribution >= 0.6 is 11.6 Å². The van der Waals surface area contributed by atoms with Crippen LogP contribution in [-0.4, -0.2) is 60.1 Å². The van der Waals surface area contributed by atoms with E-state index < -0.39 is 12.5 Å². The van der Waals surface area contributed by atoms with Crippen LogP contribution in [0.3, 0.4) is 0 Å². The normalized spacial score (nSPS) is 22.2.